The van der Waals surface area contributed by atoms with Crippen LogP contribution in [0.1, 0.15) is 12.5 Å². The molecule has 118 valence electrons. The number of nitrogens with one attached hydrogen (secondary N) is 2. The molecule has 2 amide bonds. The molecule has 1 unspecified atom stereocenters. The van der Waals surface area contributed by atoms with Gasteiger partial charge in [-0.2, -0.15) is 10.2 Å². The number of hydrogen-bond acceptors (Lipinski definition) is 6. The third-order valence-electron chi connectivity index (χ3n) is 3.36. The van der Waals surface area contributed by atoms with Crippen LogP contribution in [-0.4, -0.2) is 28.9 Å². The molecule has 23 heavy (non-hydrogen) atoms. The van der Waals surface area contributed by atoms with Gasteiger partial charge in [0.1, 0.15) is 0 Å². The number of amidine groups is 1. The van der Waals surface area contributed by atoms with E-state index in [1.54, 1.807) is 0 Å². The van der Waals surface area contributed by atoms with Crippen molar-refractivity contribution in [3.05, 3.63) is 41.6 Å². The maximum Gasteiger partial charge on any atom is 0.258 e. The zero-order valence-corrected chi connectivity index (χ0v) is 13.3. The fourth-order valence-electron chi connectivity index (χ4n) is 2.10. The molecule has 0 bridgehead atoms. The van der Waals surface area contributed by atoms with Crippen LogP contribution in [0.5, 0.6) is 0 Å². The van der Waals surface area contributed by atoms with Crippen molar-refractivity contribution in [2.75, 3.05) is 11.1 Å². The average Bonchev–Trinajstić information content (AvgIpc) is 3.03. The highest BCUT2D eigenvalue weighted by Crippen LogP contribution is 2.22. The number of anilines is 1. The Labute approximate surface area is 137 Å². The van der Waals surface area contributed by atoms with Crippen LogP contribution < -0.4 is 10.6 Å². The maximum atomic E-state index is 12.0. The van der Waals surface area contributed by atoms with Crippen molar-refractivity contribution in [3.8, 4) is 0 Å². The molecule has 0 saturated heterocycles. The highest BCUT2D eigenvalue weighted by atomic mass is 32.2. The first-order valence-corrected chi connectivity index (χ1v) is 8.15. The summed E-state index contributed by atoms with van der Waals surface area (Å²) >= 11 is 1.16. The van der Waals surface area contributed by atoms with Crippen LogP contribution in [0.4, 0.5) is 5.69 Å². The molecule has 1 aromatic rings. The predicted molar refractivity (Wildman–Crippen MR) is 89.2 cm³/mol. The van der Waals surface area contributed by atoms with Crippen molar-refractivity contribution in [3.63, 3.8) is 0 Å². The summed E-state index contributed by atoms with van der Waals surface area (Å²) in [6.45, 7) is 2.08. The number of carbonyl (C=O) groups excluding carboxylic acids is 2. The summed E-state index contributed by atoms with van der Waals surface area (Å²) in [7, 11) is 0. The molecule has 0 aromatic heterocycles. The summed E-state index contributed by atoms with van der Waals surface area (Å²) in [6, 6.07) is 7.70. The second-order valence-electron chi connectivity index (χ2n) is 4.96. The van der Waals surface area contributed by atoms with Gasteiger partial charge in [-0.25, -0.2) is 4.99 Å². The topological polar surface area (TPSA) is 95.3 Å². The highest BCUT2D eigenvalue weighted by molar-refractivity contribution is 8.14. The van der Waals surface area contributed by atoms with E-state index in [0.29, 0.717) is 10.7 Å². The van der Waals surface area contributed by atoms with Gasteiger partial charge in [0.2, 0.25) is 5.91 Å². The van der Waals surface area contributed by atoms with Crippen LogP contribution in [-0.2, 0) is 16.0 Å². The quantitative estimate of drug-likeness (QED) is 0.885. The molecule has 2 heterocycles. The van der Waals surface area contributed by atoms with Gasteiger partial charge in [-0.05, 0) is 24.1 Å². The van der Waals surface area contributed by atoms with E-state index >= 15 is 0 Å². The minimum absolute atomic E-state index is 0.150. The van der Waals surface area contributed by atoms with Gasteiger partial charge >= 0.3 is 0 Å². The monoisotopic (exact) mass is 329 g/mol. The number of aryl methyl sites for hydroxylation is 1. The van der Waals surface area contributed by atoms with Gasteiger partial charge in [-0.15, -0.1) is 0 Å². The third-order valence-corrected chi connectivity index (χ3v) is 4.25. The SMILES string of the molecule is CCc1ccc(NC(=O)CSC2=NC3N=NC=C3C(=O)N2)cc1. The van der Waals surface area contributed by atoms with Crippen molar-refractivity contribution in [1.82, 2.24) is 5.32 Å². The Hall–Kier alpha value is -2.48. The largest absolute Gasteiger partial charge is 0.325 e. The van der Waals surface area contributed by atoms with E-state index < -0.39 is 6.17 Å². The van der Waals surface area contributed by atoms with Crippen LogP contribution >= 0.6 is 11.8 Å². The van der Waals surface area contributed by atoms with Crippen molar-refractivity contribution in [2.24, 2.45) is 15.2 Å². The lowest BCUT2D eigenvalue weighted by molar-refractivity contribution is -0.116. The van der Waals surface area contributed by atoms with Crippen LogP contribution in [0.15, 0.2) is 51.3 Å². The van der Waals surface area contributed by atoms with Gasteiger partial charge in [0.15, 0.2) is 11.3 Å². The molecule has 0 saturated carbocycles. The predicted octanol–water partition coefficient (Wildman–Crippen LogP) is 2.08. The fourth-order valence-corrected chi connectivity index (χ4v) is 2.78. The first-order chi connectivity index (χ1) is 11.2. The Bertz CT molecular complexity index is 724. The molecule has 2 aliphatic rings. The van der Waals surface area contributed by atoms with E-state index in [-0.39, 0.29) is 17.6 Å². The minimum atomic E-state index is -0.573. The molecule has 2 N–H and O–H groups in total. The van der Waals surface area contributed by atoms with Crippen molar-refractivity contribution >= 4 is 34.4 Å². The summed E-state index contributed by atoms with van der Waals surface area (Å²) < 4.78 is 0. The van der Waals surface area contributed by atoms with Crippen molar-refractivity contribution < 1.29 is 9.59 Å². The standard InChI is InChI=1S/C15H15N5O2S/c1-2-9-3-5-10(6-4-9)17-12(21)8-23-15-18-13-11(7-16-20-13)14(22)19-15/h3-7,13H,2,8H2,1H3,(H,17,21)(H,18,19,22). The van der Waals surface area contributed by atoms with E-state index in [1.807, 2.05) is 24.3 Å². The number of carbonyl (C=O) groups is 2. The van der Waals surface area contributed by atoms with E-state index in [1.165, 1.54) is 11.8 Å². The lowest BCUT2D eigenvalue weighted by atomic mass is 10.1. The summed E-state index contributed by atoms with van der Waals surface area (Å²) in [5.74, 6) is -0.281. The summed E-state index contributed by atoms with van der Waals surface area (Å²) in [5.41, 5.74) is 2.39. The molecule has 2 aliphatic heterocycles. The molecule has 0 fully saturated rings. The summed E-state index contributed by atoms with van der Waals surface area (Å²) in [4.78, 5) is 28.0. The number of amides is 2. The molecule has 0 radical (unpaired) electrons. The van der Waals surface area contributed by atoms with Gasteiger partial charge in [-0.3, -0.25) is 9.59 Å². The average molecular weight is 329 g/mol. The lowest BCUT2D eigenvalue weighted by Crippen LogP contribution is -2.38. The van der Waals surface area contributed by atoms with Gasteiger partial charge < -0.3 is 10.6 Å². The van der Waals surface area contributed by atoms with Crippen LogP contribution in [0.25, 0.3) is 0 Å². The fraction of sp³-hybridized carbons (Fsp3) is 0.267. The lowest BCUT2D eigenvalue weighted by Gasteiger charge is -2.16. The van der Waals surface area contributed by atoms with E-state index in [0.717, 1.165) is 23.9 Å². The normalized spacial score (nSPS) is 18.8. The second-order valence-corrected chi connectivity index (χ2v) is 5.93. The molecule has 0 spiro atoms. The number of hydrogen-bond donors (Lipinski definition) is 2. The Morgan fingerprint density at radius 1 is 1.35 bits per heavy atom. The third kappa shape index (κ3) is 3.65. The van der Waals surface area contributed by atoms with E-state index in [9.17, 15) is 9.59 Å². The maximum absolute atomic E-state index is 12.0. The molecular weight excluding hydrogens is 314 g/mol. The van der Waals surface area contributed by atoms with Crippen LogP contribution in [0.3, 0.4) is 0 Å². The smallest absolute Gasteiger partial charge is 0.258 e. The number of thioether (sulfide) groups is 1. The zero-order chi connectivity index (χ0) is 16.2. The minimum Gasteiger partial charge on any atom is -0.325 e. The molecule has 1 aromatic carbocycles. The number of nitrogens with zero attached hydrogens (tertiary/aromatic N) is 3. The van der Waals surface area contributed by atoms with Crippen LogP contribution in [0.2, 0.25) is 0 Å². The number of rotatable bonds is 4. The molecular formula is C15H15N5O2S. The van der Waals surface area contributed by atoms with Gasteiger partial charge in [-0.1, -0.05) is 30.8 Å². The molecule has 1 atom stereocenters. The Morgan fingerprint density at radius 2 is 2.13 bits per heavy atom. The summed E-state index contributed by atoms with van der Waals surface area (Å²) in [5, 5.41) is 13.3. The first kappa shape index (κ1) is 15.4. The Kier molecular flexibility index (Phi) is 4.52. The number of fused-ring (bicyclic) bond motifs is 1. The summed E-state index contributed by atoms with van der Waals surface area (Å²) in [6.07, 6.45) is 1.78. The van der Waals surface area contributed by atoms with Gasteiger partial charge in [0.25, 0.3) is 5.91 Å². The Morgan fingerprint density at radius 3 is 2.87 bits per heavy atom. The van der Waals surface area contributed by atoms with Gasteiger partial charge in [0, 0.05) is 5.69 Å². The van der Waals surface area contributed by atoms with E-state index in [2.05, 4.69) is 32.8 Å². The van der Waals surface area contributed by atoms with Gasteiger partial charge in [0.05, 0.1) is 17.5 Å². The van der Waals surface area contributed by atoms with Crippen molar-refractivity contribution in [1.29, 1.82) is 0 Å². The molecule has 0 aliphatic carbocycles. The zero-order valence-electron chi connectivity index (χ0n) is 12.4. The first-order valence-electron chi connectivity index (χ1n) is 7.16. The van der Waals surface area contributed by atoms with E-state index in [4.69, 9.17) is 0 Å². The number of benzene rings is 1. The second kappa shape index (κ2) is 6.74. The van der Waals surface area contributed by atoms with Crippen molar-refractivity contribution in [2.45, 2.75) is 19.5 Å². The molecule has 7 nitrogen and oxygen atoms in total. The van der Waals surface area contributed by atoms with Crippen LogP contribution in [0, 0.1) is 0 Å². The highest BCUT2D eigenvalue weighted by Gasteiger charge is 2.29. The number of azo groups is 1. The Balaban J connectivity index is 1.53. The number of aliphatic imine (C=N–C) groups is 1. The molecule has 8 heteroatoms. The molecule has 3 rings (SSSR count).